The molecule has 1 aromatic carbocycles. The molecule has 1 fully saturated rings. The molecule has 0 aromatic heterocycles. The zero-order chi connectivity index (χ0) is 17.5. The highest BCUT2D eigenvalue weighted by molar-refractivity contribution is 5.83. The van der Waals surface area contributed by atoms with E-state index in [1.807, 2.05) is 20.0 Å². The summed E-state index contributed by atoms with van der Waals surface area (Å²) in [5.74, 6) is -0.391. The van der Waals surface area contributed by atoms with Crippen LogP contribution in [0.1, 0.15) is 31.7 Å². The number of benzene rings is 1. The average molecular weight is 331 g/mol. The maximum atomic E-state index is 12.7. The van der Waals surface area contributed by atoms with Crippen LogP contribution in [0.2, 0.25) is 0 Å². The summed E-state index contributed by atoms with van der Waals surface area (Å²) >= 11 is 0. The molecule has 132 valence electrons. The summed E-state index contributed by atoms with van der Waals surface area (Å²) in [4.78, 5) is 27.9. The molecular formula is C19H29N3O2. The molecule has 0 bridgehead atoms. The number of hydrogen-bond donors (Lipinski definition) is 1. The summed E-state index contributed by atoms with van der Waals surface area (Å²) in [5, 5.41) is 0. The third kappa shape index (κ3) is 5.06. The molecule has 2 atom stereocenters. The molecule has 1 saturated heterocycles. The fourth-order valence-electron chi connectivity index (χ4n) is 3.23. The second kappa shape index (κ2) is 8.83. The van der Waals surface area contributed by atoms with Gasteiger partial charge in [-0.15, -0.1) is 0 Å². The van der Waals surface area contributed by atoms with E-state index in [1.54, 1.807) is 4.90 Å². The maximum Gasteiger partial charge on any atom is 0.239 e. The van der Waals surface area contributed by atoms with E-state index in [1.165, 1.54) is 5.56 Å². The van der Waals surface area contributed by atoms with Crippen LogP contribution < -0.4 is 5.73 Å². The molecule has 0 unspecified atom stereocenters. The molecule has 1 heterocycles. The number of carbonyl (C=O) groups excluding carboxylic acids is 2. The second-order valence-corrected chi connectivity index (χ2v) is 6.77. The van der Waals surface area contributed by atoms with Crippen LogP contribution in [0.5, 0.6) is 0 Å². The third-order valence-electron chi connectivity index (χ3n) is 4.97. The fourth-order valence-corrected chi connectivity index (χ4v) is 3.23. The van der Waals surface area contributed by atoms with Gasteiger partial charge in [0.15, 0.2) is 0 Å². The number of carbonyl (C=O) groups is 2. The van der Waals surface area contributed by atoms with Crippen LogP contribution >= 0.6 is 0 Å². The Morgan fingerprint density at radius 1 is 1.33 bits per heavy atom. The number of primary amides is 1. The van der Waals surface area contributed by atoms with Gasteiger partial charge in [-0.1, -0.05) is 30.3 Å². The van der Waals surface area contributed by atoms with Crippen molar-refractivity contribution in [3.05, 3.63) is 35.9 Å². The first kappa shape index (κ1) is 18.5. The lowest BCUT2D eigenvalue weighted by Crippen LogP contribution is -2.51. The Morgan fingerprint density at radius 3 is 2.71 bits per heavy atom. The number of aryl methyl sites for hydroxylation is 1. The van der Waals surface area contributed by atoms with Gasteiger partial charge in [-0.3, -0.25) is 14.5 Å². The van der Waals surface area contributed by atoms with Gasteiger partial charge in [0.1, 0.15) is 0 Å². The van der Waals surface area contributed by atoms with E-state index in [9.17, 15) is 9.59 Å². The van der Waals surface area contributed by atoms with Gasteiger partial charge >= 0.3 is 0 Å². The van der Waals surface area contributed by atoms with Gasteiger partial charge in [0.25, 0.3) is 0 Å². The van der Waals surface area contributed by atoms with Crippen molar-refractivity contribution in [3.63, 3.8) is 0 Å². The van der Waals surface area contributed by atoms with Crippen molar-refractivity contribution in [2.75, 3.05) is 26.7 Å². The van der Waals surface area contributed by atoms with Gasteiger partial charge in [-0.25, -0.2) is 0 Å². The second-order valence-electron chi connectivity index (χ2n) is 6.77. The van der Waals surface area contributed by atoms with E-state index in [0.29, 0.717) is 6.54 Å². The number of rotatable bonds is 7. The Kier molecular flexibility index (Phi) is 6.79. The van der Waals surface area contributed by atoms with E-state index in [2.05, 4.69) is 29.2 Å². The van der Waals surface area contributed by atoms with Crippen molar-refractivity contribution in [2.24, 2.45) is 11.7 Å². The number of nitrogens with zero attached hydrogens (tertiary/aromatic N) is 2. The van der Waals surface area contributed by atoms with Crippen LogP contribution in [0.3, 0.4) is 0 Å². The topological polar surface area (TPSA) is 66.6 Å². The maximum absolute atomic E-state index is 12.7. The van der Waals surface area contributed by atoms with Crippen LogP contribution in [0.4, 0.5) is 0 Å². The van der Waals surface area contributed by atoms with Crippen LogP contribution in [0.25, 0.3) is 0 Å². The van der Waals surface area contributed by atoms with Crippen LogP contribution in [0.15, 0.2) is 30.3 Å². The smallest absolute Gasteiger partial charge is 0.239 e. The number of hydrogen-bond acceptors (Lipinski definition) is 3. The predicted molar refractivity (Wildman–Crippen MR) is 95.4 cm³/mol. The van der Waals surface area contributed by atoms with Crippen LogP contribution in [-0.4, -0.2) is 54.3 Å². The Balaban J connectivity index is 1.80. The van der Waals surface area contributed by atoms with E-state index < -0.39 is 0 Å². The van der Waals surface area contributed by atoms with Crippen molar-refractivity contribution in [3.8, 4) is 0 Å². The van der Waals surface area contributed by atoms with Crippen LogP contribution in [-0.2, 0) is 16.0 Å². The van der Waals surface area contributed by atoms with Gasteiger partial charge in [0.2, 0.25) is 11.8 Å². The summed E-state index contributed by atoms with van der Waals surface area (Å²) in [6.07, 6.45) is 3.67. The Bertz CT molecular complexity index is 547. The fraction of sp³-hybridized carbons (Fsp3) is 0.579. The van der Waals surface area contributed by atoms with Crippen molar-refractivity contribution >= 4 is 11.8 Å². The number of amides is 2. The number of nitrogens with two attached hydrogens (primary N) is 1. The predicted octanol–water partition coefficient (Wildman–Crippen LogP) is 1.66. The molecule has 2 rings (SSSR count). The number of likely N-dealkylation sites (tertiary alicyclic amines) is 1. The molecule has 1 aliphatic rings. The highest BCUT2D eigenvalue weighted by Crippen LogP contribution is 2.18. The minimum Gasteiger partial charge on any atom is -0.369 e. The standard InChI is InChI=1S/C19H29N3O2/c1-15(19(24)22-13-7-11-17(14-22)18(20)23)21(2)12-6-10-16-8-4-3-5-9-16/h3-5,8-9,15,17H,6-7,10-14H2,1-2H3,(H2,20,23)/t15-,17+/m1/s1. The van der Waals surface area contributed by atoms with Crippen molar-refractivity contribution in [2.45, 2.75) is 38.6 Å². The molecule has 2 amide bonds. The van der Waals surface area contributed by atoms with E-state index >= 15 is 0 Å². The first-order valence-corrected chi connectivity index (χ1v) is 8.81. The first-order valence-electron chi connectivity index (χ1n) is 8.81. The minimum atomic E-state index is -0.295. The summed E-state index contributed by atoms with van der Waals surface area (Å²) < 4.78 is 0. The molecule has 2 N–H and O–H groups in total. The summed E-state index contributed by atoms with van der Waals surface area (Å²) in [6.45, 7) is 4.01. The molecule has 0 spiro atoms. The molecule has 1 aromatic rings. The SMILES string of the molecule is C[C@H](C(=O)N1CCC[C@H](C(N)=O)C1)N(C)CCCc1ccccc1. The lowest BCUT2D eigenvalue weighted by Gasteiger charge is -2.35. The van der Waals surface area contributed by atoms with Gasteiger partial charge < -0.3 is 10.6 Å². The molecular weight excluding hydrogens is 302 g/mol. The van der Waals surface area contributed by atoms with Gasteiger partial charge in [0.05, 0.1) is 12.0 Å². The van der Waals surface area contributed by atoms with Crippen LogP contribution in [0, 0.1) is 5.92 Å². The van der Waals surface area contributed by atoms with E-state index in [4.69, 9.17) is 5.73 Å². The third-order valence-corrected chi connectivity index (χ3v) is 4.97. The largest absolute Gasteiger partial charge is 0.369 e. The Labute approximate surface area is 144 Å². The zero-order valence-electron chi connectivity index (χ0n) is 14.8. The molecule has 0 radical (unpaired) electrons. The average Bonchev–Trinajstić information content (AvgIpc) is 2.61. The van der Waals surface area contributed by atoms with Crippen molar-refractivity contribution < 1.29 is 9.59 Å². The van der Waals surface area contributed by atoms with Crippen molar-refractivity contribution in [1.29, 1.82) is 0 Å². The van der Waals surface area contributed by atoms with Gasteiger partial charge in [0, 0.05) is 13.1 Å². The monoisotopic (exact) mass is 331 g/mol. The molecule has 0 aliphatic carbocycles. The van der Waals surface area contributed by atoms with Crippen molar-refractivity contribution in [1.82, 2.24) is 9.80 Å². The lowest BCUT2D eigenvalue weighted by atomic mass is 9.97. The highest BCUT2D eigenvalue weighted by Gasteiger charge is 2.30. The van der Waals surface area contributed by atoms with Gasteiger partial charge in [-0.2, -0.15) is 0 Å². The van der Waals surface area contributed by atoms with Gasteiger partial charge in [-0.05, 0) is 51.8 Å². The van der Waals surface area contributed by atoms with E-state index in [0.717, 1.165) is 38.8 Å². The zero-order valence-corrected chi connectivity index (χ0v) is 14.8. The molecule has 5 nitrogen and oxygen atoms in total. The highest BCUT2D eigenvalue weighted by atomic mass is 16.2. The lowest BCUT2D eigenvalue weighted by molar-refractivity contribution is -0.139. The Morgan fingerprint density at radius 2 is 2.04 bits per heavy atom. The summed E-state index contributed by atoms with van der Waals surface area (Å²) in [7, 11) is 1.99. The number of piperidine rings is 1. The molecule has 0 saturated carbocycles. The molecule has 24 heavy (non-hydrogen) atoms. The normalized spacial score (nSPS) is 19.3. The number of likely N-dealkylation sites (N-methyl/N-ethyl adjacent to an activating group) is 1. The quantitative estimate of drug-likeness (QED) is 0.826. The summed E-state index contributed by atoms with van der Waals surface area (Å²) in [5.41, 5.74) is 6.72. The molecule has 5 heteroatoms. The first-order chi connectivity index (χ1) is 11.5. The molecule has 1 aliphatic heterocycles. The Hall–Kier alpha value is -1.88. The summed E-state index contributed by atoms with van der Waals surface area (Å²) in [6, 6.07) is 10.2. The van der Waals surface area contributed by atoms with E-state index in [-0.39, 0.29) is 23.8 Å². The minimum absolute atomic E-state index is 0.100.